The quantitative estimate of drug-likeness (QED) is 0.746. The highest BCUT2D eigenvalue weighted by Crippen LogP contribution is 2.26. The third-order valence-electron chi connectivity index (χ3n) is 4.87. The van der Waals surface area contributed by atoms with Crippen molar-refractivity contribution >= 4 is 22.5 Å². The molecule has 1 aliphatic heterocycles. The van der Waals surface area contributed by atoms with Gasteiger partial charge in [-0.15, -0.1) is 0 Å². The number of hydrogen-bond acceptors (Lipinski definition) is 4. The fraction of sp³-hybridized carbons (Fsp3) is 0.368. The largest absolute Gasteiger partial charge is 0.370 e. The Morgan fingerprint density at radius 3 is 2.92 bits per heavy atom. The zero-order valence-electron chi connectivity index (χ0n) is 14.4. The molecule has 0 radical (unpaired) electrons. The number of hydrogen-bond donors (Lipinski definition) is 2. The number of pyridine rings is 1. The molecule has 1 saturated heterocycles. The summed E-state index contributed by atoms with van der Waals surface area (Å²) in [7, 11) is 0. The van der Waals surface area contributed by atoms with Crippen LogP contribution in [0.25, 0.3) is 16.7 Å². The summed E-state index contributed by atoms with van der Waals surface area (Å²) in [6.07, 6.45) is 0. The van der Waals surface area contributed by atoms with Crippen molar-refractivity contribution < 1.29 is 9.64 Å². The maximum Gasteiger partial charge on any atom is 0.157 e. The van der Waals surface area contributed by atoms with E-state index in [2.05, 4.69) is 20.8 Å². The maximum atomic E-state index is 9.54. The Balaban J connectivity index is 1.69. The number of ether oxygens (including phenoxy) is 1. The number of nitrogens with one attached hydrogen (secondary N) is 2. The van der Waals surface area contributed by atoms with Crippen LogP contribution in [0.5, 0.6) is 0 Å². The van der Waals surface area contributed by atoms with Gasteiger partial charge in [0, 0.05) is 0 Å². The number of fused-ring (bicyclic) bond motifs is 3. The van der Waals surface area contributed by atoms with E-state index >= 15 is 0 Å². The van der Waals surface area contributed by atoms with Gasteiger partial charge in [0.1, 0.15) is 25.0 Å². The van der Waals surface area contributed by atoms with E-state index in [1.165, 1.54) is 0 Å². The lowest BCUT2D eigenvalue weighted by atomic mass is 10.1. The van der Waals surface area contributed by atoms with Crippen molar-refractivity contribution in [2.45, 2.75) is 6.92 Å². The average molecular weight is 336 g/mol. The zero-order valence-corrected chi connectivity index (χ0v) is 14.4. The number of anilines is 1. The maximum absolute atomic E-state index is 9.54. The average Bonchev–Trinajstić information content (AvgIpc) is 3.02. The van der Waals surface area contributed by atoms with Crippen LogP contribution in [-0.2, 0) is 4.74 Å². The van der Waals surface area contributed by atoms with Gasteiger partial charge in [0.05, 0.1) is 42.9 Å². The van der Waals surface area contributed by atoms with E-state index in [4.69, 9.17) is 4.74 Å². The third kappa shape index (κ3) is 2.93. The van der Waals surface area contributed by atoms with Crippen molar-refractivity contribution in [1.82, 2.24) is 9.38 Å². The van der Waals surface area contributed by atoms with Crippen LogP contribution in [0, 0.1) is 18.3 Å². The number of para-hydroxylation sites is 2. The molecule has 2 N–H and O–H groups in total. The molecule has 0 unspecified atom stereocenters. The van der Waals surface area contributed by atoms with Crippen molar-refractivity contribution in [3.8, 4) is 6.07 Å². The molecule has 4 rings (SSSR count). The fourth-order valence-corrected chi connectivity index (χ4v) is 3.50. The molecule has 0 bridgehead atoms. The lowest BCUT2D eigenvalue weighted by molar-refractivity contribution is -0.906. The number of benzene rings is 1. The SMILES string of the molecule is Cc1cc(NCC[NH+]2CCOCC2)n2c(nc3ccccc32)c1C#N. The molecule has 0 saturated carbocycles. The molecule has 2 aromatic heterocycles. The van der Waals surface area contributed by atoms with E-state index in [1.807, 2.05) is 37.3 Å². The monoisotopic (exact) mass is 336 g/mol. The second kappa shape index (κ2) is 6.71. The highest BCUT2D eigenvalue weighted by Gasteiger charge is 2.16. The highest BCUT2D eigenvalue weighted by atomic mass is 16.5. The molecule has 1 fully saturated rings. The molecule has 3 aromatic rings. The van der Waals surface area contributed by atoms with Gasteiger partial charge >= 0.3 is 0 Å². The molecule has 0 aliphatic carbocycles. The van der Waals surface area contributed by atoms with E-state index in [1.54, 1.807) is 4.90 Å². The van der Waals surface area contributed by atoms with Crippen LogP contribution < -0.4 is 10.2 Å². The molecule has 1 aliphatic rings. The first-order valence-electron chi connectivity index (χ1n) is 8.74. The molecular formula is C19H22N5O+. The number of morpholine rings is 1. The van der Waals surface area contributed by atoms with E-state index in [-0.39, 0.29) is 0 Å². The molecule has 6 nitrogen and oxygen atoms in total. The zero-order chi connectivity index (χ0) is 17.2. The Kier molecular flexibility index (Phi) is 4.26. The first-order valence-corrected chi connectivity index (χ1v) is 8.74. The number of aryl methyl sites for hydroxylation is 1. The summed E-state index contributed by atoms with van der Waals surface area (Å²) in [5.74, 6) is 0.993. The van der Waals surface area contributed by atoms with Crippen molar-refractivity contribution in [3.05, 3.63) is 41.5 Å². The van der Waals surface area contributed by atoms with Gasteiger partial charge in [-0.25, -0.2) is 4.98 Å². The molecule has 0 spiro atoms. The van der Waals surface area contributed by atoms with Gasteiger partial charge in [0.25, 0.3) is 0 Å². The summed E-state index contributed by atoms with van der Waals surface area (Å²) in [5, 5.41) is 13.1. The summed E-state index contributed by atoms with van der Waals surface area (Å²) in [4.78, 5) is 6.25. The second-order valence-electron chi connectivity index (χ2n) is 6.50. The van der Waals surface area contributed by atoms with E-state index < -0.39 is 0 Å². The topological polar surface area (TPSA) is 66.8 Å². The van der Waals surface area contributed by atoms with Crippen LogP contribution in [0.15, 0.2) is 30.3 Å². The van der Waals surface area contributed by atoms with Gasteiger partial charge in [0.2, 0.25) is 0 Å². The molecule has 6 heteroatoms. The van der Waals surface area contributed by atoms with E-state index in [0.29, 0.717) is 5.56 Å². The Morgan fingerprint density at radius 1 is 1.32 bits per heavy atom. The number of nitriles is 1. The van der Waals surface area contributed by atoms with Crippen molar-refractivity contribution in [3.63, 3.8) is 0 Å². The minimum atomic E-state index is 0.639. The Morgan fingerprint density at radius 2 is 2.12 bits per heavy atom. The van der Waals surface area contributed by atoms with Crippen LogP contribution in [0.1, 0.15) is 11.1 Å². The molecule has 0 atom stereocenters. The number of quaternary nitrogens is 1. The van der Waals surface area contributed by atoms with E-state index in [9.17, 15) is 5.26 Å². The normalized spacial score (nSPS) is 15.5. The van der Waals surface area contributed by atoms with Gasteiger partial charge in [-0.1, -0.05) is 12.1 Å². The summed E-state index contributed by atoms with van der Waals surface area (Å²) in [6.45, 7) is 7.73. The molecule has 1 aromatic carbocycles. The smallest absolute Gasteiger partial charge is 0.157 e. The number of imidazole rings is 1. The van der Waals surface area contributed by atoms with Crippen LogP contribution in [0.2, 0.25) is 0 Å². The third-order valence-corrected chi connectivity index (χ3v) is 4.87. The van der Waals surface area contributed by atoms with Gasteiger partial charge in [0.15, 0.2) is 5.65 Å². The van der Waals surface area contributed by atoms with Gasteiger partial charge in [-0.3, -0.25) is 4.40 Å². The van der Waals surface area contributed by atoms with E-state index in [0.717, 1.165) is 67.5 Å². The minimum absolute atomic E-state index is 0.639. The summed E-state index contributed by atoms with van der Waals surface area (Å²) < 4.78 is 7.48. The van der Waals surface area contributed by atoms with Crippen LogP contribution in [-0.4, -0.2) is 48.8 Å². The Hall–Kier alpha value is -2.62. The molecule has 25 heavy (non-hydrogen) atoms. The van der Waals surface area contributed by atoms with Crippen LogP contribution >= 0.6 is 0 Å². The fourth-order valence-electron chi connectivity index (χ4n) is 3.50. The standard InChI is InChI=1S/C19H21N5O/c1-14-12-18(21-6-7-23-8-10-25-11-9-23)24-17-5-3-2-4-16(17)22-19(24)15(14)13-20/h2-5,12,21H,6-11H2,1H3/p+1. The predicted octanol–water partition coefficient (Wildman–Crippen LogP) is 0.995. The second-order valence-corrected chi connectivity index (χ2v) is 6.50. The molecule has 3 heterocycles. The minimum Gasteiger partial charge on any atom is -0.370 e. The van der Waals surface area contributed by atoms with Crippen molar-refractivity contribution in [2.24, 2.45) is 0 Å². The first kappa shape index (κ1) is 15.9. The summed E-state index contributed by atoms with van der Waals surface area (Å²) >= 11 is 0. The summed E-state index contributed by atoms with van der Waals surface area (Å²) in [5.41, 5.74) is 4.25. The van der Waals surface area contributed by atoms with Crippen molar-refractivity contribution in [1.29, 1.82) is 5.26 Å². The molecule has 128 valence electrons. The first-order chi connectivity index (χ1) is 12.3. The number of nitrogens with zero attached hydrogens (tertiary/aromatic N) is 3. The number of rotatable bonds is 4. The predicted molar refractivity (Wildman–Crippen MR) is 97.0 cm³/mol. The van der Waals surface area contributed by atoms with Gasteiger partial charge in [-0.2, -0.15) is 5.26 Å². The number of aromatic nitrogens is 2. The summed E-state index contributed by atoms with van der Waals surface area (Å²) in [6, 6.07) is 12.4. The Bertz CT molecular complexity index is 950. The lowest BCUT2D eigenvalue weighted by Gasteiger charge is -2.24. The van der Waals surface area contributed by atoms with Crippen molar-refractivity contribution in [2.75, 3.05) is 44.7 Å². The molecule has 0 amide bonds. The molecular weight excluding hydrogens is 314 g/mol. The van der Waals surface area contributed by atoms with Gasteiger partial charge in [-0.05, 0) is 30.7 Å². The lowest BCUT2D eigenvalue weighted by Crippen LogP contribution is -3.14. The van der Waals surface area contributed by atoms with Crippen LogP contribution in [0.4, 0.5) is 5.82 Å². The highest BCUT2D eigenvalue weighted by molar-refractivity contribution is 5.85. The van der Waals surface area contributed by atoms with Gasteiger partial charge < -0.3 is 15.0 Å². The van der Waals surface area contributed by atoms with Crippen LogP contribution in [0.3, 0.4) is 0 Å². The Labute approximate surface area is 146 Å².